The summed E-state index contributed by atoms with van der Waals surface area (Å²) in [6.07, 6.45) is 0.758. The highest BCUT2D eigenvalue weighted by atomic mass is 32.2. The molecule has 142 valence electrons. The number of sulfone groups is 1. The largest absolute Gasteiger partial charge is 0.493 e. The van der Waals surface area contributed by atoms with E-state index in [1.165, 1.54) is 6.07 Å². The fraction of sp³-hybridized carbons (Fsp3) is 0.350. The number of likely N-dealkylation sites (tertiary alicyclic amines) is 1. The Bertz CT molecular complexity index is 958. The summed E-state index contributed by atoms with van der Waals surface area (Å²) in [5.41, 5.74) is 0.548. The summed E-state index contributed by atoms with van der Waals surface area (Å²) >= 11 is 0. The molecule has 0 radical (unpaired) electrons. The summed E-state index contributed by atoms with van der Waals surface area (Å²) in [7, 11) is -3.70. The van der Waals surface area contributed by atoms with Gasteiger partial charge in [0.2, 0.25) is 15.7 Å². The first-order valence-corrected chi connectivity index (χ1v) is 10.5. The molecule has 7 heteroatoms. The highest BCUT2D eigenvalue weighted by Gasteiger charge is 2.37. The molecule has 2 heterocycles. The van der Waals surface area contributed by atoms with Gasteiger partial charge < -0.3 is 14.7 Å². The van der Waals surface area contributed by atoms with Crippen molar-refractivity contribution in [3.8, 4) is 5.75 Å². The van der Waals surface area contributed by atoms with Gasteiger partial charge in [-0.3, -0.25) is 4.79 Å². The van der Waals surface area contributed by atoms with Crippen LogP contribution in [-0.2, 0) is 14.6 Å². The minimum atomic E-state index is -3.70. The number of fused-ring (bicyclic) bond motifs is 1. The number of aliphatic hydroxyl groups is 1. The second-order valence-electron chi connectivity index (χ2n) is 6.86. The van der Waals surface area contributed by atoms with Crippen molar-refractivity contribution >= 4 is 15.7 Å². The van der Waals surface area contributed by atoms with Gasteiger partial charge in [0.1, 0.15) is 5.75 Å². The Morgan fingerprint density at radius 3 is 2.56 bits per heavy atom. The van der Waals surface area contributed by atoms with Crippen molar-refractivity contribution < 1.29 is 23.1 Å². The van der Waals surface area contributed by atoms with Gasteiger partial charge >= 0.3 is 0 Å². The smallest absolute Gasteiger partial charge is 0.223 e. The molecule has 2 atom stereocenters. The number of rotatable bonds is 3. The normalized spacial score (nSPS) is 22.9. The Hall–Kier alpha value is -2.38. The van der Waals surface area contributed by atoms with Gasteiger partial charge in [0, 0.05) is 24.9 Å². The third-order valence-corrected chi connectivity index (χ3v) is 6.91. The Morgan fingerprint density at radius 1 is 1.07 bits per heavy atom. The molecule has 2 aromatic rings. The van der Waals surface area contributed by atoms with Crippen LogP contribution in [0.1, 0.15) is 30.9 Å². The lowest BCUT2D eigenvalue weighted by molar-refractivity contribution is -0.132. The zero-order valence-electron chi connectivity index (χ0n) is 14.7. The van der Waals surface area contributed by atoms with Crippen molar-refractivity contribution in [3.05, 3.63) is 54.1 Å². The predicted octanol–water partition coefficient (Wildman–Crippen LogP) is 2.33. The number of carbonyl (C=O) groups is 1. The number of aliphatic hydroxyl groups excluding tert-OH is 1. The third kappa shape index (κ3) is 3.21. The third-order valence-electron chi connectivity index (χ3n) is 5.15. The minimum Gasteiger partial charge on any atom is -0.493 e. The number of hydrogen-bond donors (Lipinski definition) is 1. The van der Waals surface area contributed by atoms with E-state index >= 15 is 0 Å². The number of carbonyl (C=O) groups excluding carboxylic acids is 1. The average molecular weight is 387 g/mol. The van der Waals surface area contributed by atoms with E-state index in [-0.39, 0.29) is 15.7 Å². The maximum absolute atomic E-state index is 13.0. The number of ether oxygens (including phenoxy) is 1. The lowest BCUT2D eigenvalue weighted by Crippen LogP contribution is -2.37. The predicted molar refractivity (Wildman–Crippen MR) is 98.1 cm³/mol. The van der Waals surface area contributed by atoms with E-state index in [2.05, 4.69) is 0 Å². The zero-order valence-corrected chi connectivity index (χ0v) is 15.6. The standard InChI is InChI=1S/C20H21NO5S/c22-17-10-12-26-18-9-8-15(27(24,25)14-5-2-1-3-6-14)13-16(18)20(17)21-11-4-7-19(21)23/h1-3,5-6,8-9,13,17,20,22H,4,7,10-12H2. The second kappa shape index (κ2) is 6.98. The van der Waals surface area contributed by atoms with Crippen molar-refractivity contribution in [3.63, 3.8) is 0 Å². The Morgan fingerprint density at radius 2 is 1.85 bits per heavy atom. The maximum atomic E-state index is 13.0. The van der Waals surface area contributed by atoms with Gasteiger partial charge in [-0.25, -0.2) is 8.42 Å². The highest BCUT2D eigenvalue weighted by molar-refractivity contribution is 7.91. The molecule has 2 aliphatic rings. The molecule has 0 aliphatic carbocycles. The van der Waals surface area contributed by atoms with E-state index in [1.54, 1.807) is 47.4 Å². The van der Waals surface area contributed by atoms with E-state index in [4.69, 9.17) is 4.74 Å². The van der Waals surface area contributed by atoms with E-state index in [9.17, 15) is 18.3 Å². The molecule has 1 saturated heterocycles. The van der Waals surface area contributed by atoms with E-state index in [0.717, 1.165) is 6.42 Å². The molecule has 0 aromatic heterocycles. The van der Waals surface area contributed by atoms with Gasteiger partial charge in [-0.2, -0.15) is 0 Å². The fourth-order valence-corrected chi connectivity index (χ4v) is 5.10. The molecule has 0 spiro atoms. The van der Waals surface area contributed by atoms with Crippen molar-refractivity contribution in [2.24, 2.45) is 0 Å². The summed E-state index contributed by atoms with van der Waals surface area (Å²) in [5, 5.41) is 10.7. The lowest BCUT2D eigenvalue weighted by atomic mass is 9.98. The van der Waals surface area contributed by atoms with Gasteiger partial charge in [0.15, 0.2) is 0 Å². The van der Waals surface area contributed by atoms with Crippen LogP contribution in [0.4, 0.5) is 0 Å². The van der Waals surface area contributed by atoms with Crippen molar-refractivity contribution in [1.29, 1.82) is 0 Å². The van der Waals surface area contributed by atoms with Gasteiger partial charge in [0.25, 0.3) is 0 Å². The molecule has 2 aromatic carbocycles. The summed E-state index contributed by atoms with van der Waals surface area (Å²) in [4.78, 5) is 14.3. The van der Waals surface area contributed by atoms with Crippen molar-refractivity contribution in [2.75, 3.05) is 13.2 Å². The average Bonchev–Trinajstić information content (AvgIpc) is 3.01. The monoisotopic (exact) mass is 387 g/mol. The molecular weight excluding hydrogens is 366 g/mol. The lowest BCUT2D eigenvalue weighted by Gasteiger charge is -2.31. The van der Waals surface area contributed by atoms with E-state index < -0.39 is 22.0 Å². The quantitative estimate of drug-likeness (QED) is 0.874. The number of hydrogen-bond acceptors (Lipinski definition) is 5. The molecule has 6 nitrogen and oxygen atoms in total. The fourth-order valence-electron chi connectivity index (χ4n) is 3.79. The van der Waals surface area contributed by atoms with Gasteiger partial charge in [-0.15, -0.1) is 0 Å². The van der Waals surface area contributed by atoms with Crippen molar-refractivity contribution in [1.82, 2.24) is 4.90 Å². The highest BCUT2D eigenvalue weighted by Crippen LogP contribution is 2.39. The maximum Gasteiger partial charge on any atom is 0.223 e. The Balaban J connectivity index is 1.82. The number of amides is 1. The molecule has 1 N–H and O–H groups in total. The van der Waals surface area contributed by atoms with Crippen LogP contribution in [0.2, 0.25) is 0 Å². The number of nitrogens with zero attached hydrogens (tertiary/aromatic N) is 1. The van der Waals surface area contributed by atoms with E-state index in [1.807, 2.05) is 0 Å². The molecule has 1 amide bonds. The summed E-state index contributed by atoms with van der Waals surface area (Å²) < 4.78 is 31.7. The Labute approximate surface area is 158 Å². The van der Waals surface area contributed by atoms with Crippen LogP contribution in [0.25, 0.3) is 0 Å². The van der Waals surface area contributed by atoms with Crippen LogP contribution in [-0.4, -0.2) is 43.6 Å². The van der Waals surface area contributed by atoms with Gasteiger partial charge in [-0.05, 0) is 36.8 Å². The first kappa shape index (κ1) is 18.0. The SMILES string of the molecule is O=C1CCCN1C1c2cc(S(=O)(=O)c3ccccc3)ccc2OCCC1O. The van der Waals surface area contributed by atoms with Crippen LogP contribution >= 0.6 is 0 Å². The summed E-state index contributed by atoms with van der Waals surface area (Å²) in [5.74, 6) is 0.492. The first-order chi connectivity index (χ1) is 13.0. The molecule has 2 aliphatic heterocycles. The first-order valence-electron chi connectivity index (χ1n) is 9.03. The second-order valence-corrected chi connectivity index (χ2v) is 8.81. The Kier molecular flexibility index (Phi) is 4.65. The summed E-state index contributed by atoms with van der Waals surface area (Å²) in [6, 6.07) is 12.3. The van der Waals surface area contributed by atoms with Crippen molar-refractivity contribution in [2.45, 2.75) is 41.2 Å². The molecular formula is C20H21NO5S. The van der Waals surface area contributed by atoms with Crippen LogP contribution < -0.4 is 4.74 Å². The van der Waals surface area contributed by atoms with Gasteiger partial charge in [0.05, 0.1) is 28.5 Å². The summed E-state index contributed by atoms with van der Waals surface area (Å²) in [6.45, 7) is 0.868. The minimum absolute atomic E-state index is 0.0248. The molecule has 0 bridgehead atoms. The van der Waals surface area contributed by atoms with Crippen LogP contribution in [0.15, 0.2) is 58.3 Å². The topological polar surface area (TPSA) is 83.9 Å². The zero-order chi connectivity index (χ0) is 19.0. The van der Waals surface area contributed by atoms with Gasteiger partial charge in [-0.1, -0.05) is 18.2 Å². The molecule has 27 heavy (non-hydrogen) atoms. The molecule has 4 rings (SSSR count). The molecule has 1 fully saturated rings. The van der Waals surface area contributed by atoms with Crippen LogP contribution in [0.3, 0.4) is 0 Å². The van der Waals surface area contributed by atoms with E-state index in [0.29, 0.717) is 37.3 Å². The molecule has 2 unspecified atom stereocenters. The van der Waals surface area contributed by atoms with Crippen LogP contribution in [0, 0.1) is 0 Å². The molecule has 0 saturated carbocycles. The number of benzene rings is 2. The van der Waals surface area contributed by atoms with Crippen LogP contribution in [0.5, 0.6) is 5.75 Å².